The second kappa shape index (κ2) is 7.37. The van der Waals surface area contributed by atoms with Crippen molar-refractivity contribution in [2.75, 3.05) is 26.2 Å². The Hall–Kier alpha value is -1.91. The number of aromatic nitrogens is 1. The quantitative estimate of drug-likeness (QED) is 0.784. The molecule has 0 unspecified atom stereocenters. The first kappa shape index (κ1) is 18.9. The fourth-order valence-corrected chi connectivity index (χ4v) is 4.86. The Bertz CT molecular complexity index is 923. The fraction of sp³-hybridized carbons (Fsp3) is 0.375. The van der Waals surface area contributed by atoms with Crippen LogP contribution in [-0.2, 0) is 21.2 Å². The van der Waals surface area contributed by atoms with Gasteiger partial charge in [0.15, 0.2) is 0 Å². The Kier molecular flexibility index (Phi) is 5.35. The second-order valence-electron chi connectivity index (χ2n) is 5.89. The van der Waals surface area contributed by atoms with Crippen molar-refractivity contribution in [2.45, 2.75) is 18.2 Å². The van der Waals surface area contributed by atoms with Crippen LogP contribution in [0.15, 0.2) is 28.5 Å². The number of hydrogen-bond donors (Lipinski definition) is 0. The van der Waals surface area contributed by atoms with Crippen LogP contribution in [0, 0.1) is 18.6 Å². The molecule has 1 fully saturated rings. The molecule has 2 aromatic rings. The number of benzene rings is 1. The summed E-state index contributed by atoms with van der Waals surface area (Å²) in [5.41, 5.74) is 0.689. The van der Waals surface area contributed by atoms with E-state index >= 15 is 0 Å². The molecule has 1 amide bonds. The molecule has 0 N–H and O–H groups in total. The predicted octanol–water partition coefficient (Wildman–Crippen LogP) is 1.81. The van der Waals surface area contributed by atoms with E-state index in [1.54, 1.807) is 4.90 Å². The largest absolute Gasteiger partial charge is 0.340 e. The highest BCUT2D eigenvalue weighted by molar-refractivity contribution is 7.89. The van der Waals surface area contributed by atoms with Gasteiger partial charge in [0, 0.05) is 31.6 Å². The number of nitrogens with zero attached hydrogens (tertiary/aromatic N) is 3. The van der Waals surface area contributed by atoms with E-state index in [9.17, 15) is 22.0 Å². The molecule has 1 aliphatic heterocycles. The first-order valence-corrected chi connectivity index (χ1v) is 10.2. The van der Waals surface area contributed by atoms with Gasteiger partial charge in [-0.05, 0) is 25.1 Å². The number of carbonyl (C=O) groups is 1. The maximum atomic E-state index is 13.8. The molecular weight excluding hydrogens is 384 g/mol. The van der Waals surface area contributed by atoms with E-state index in [4.69, 9.17) is 0 Å². The lowest BCUT2D eigenvalue weighted by molar-refractivity contribution is -0.131. The Balaban J connectivity index is 1.66. The molecule has 26 heavy (non-hydrogen) atoms. The molecule has 3 rings (SSSR count). The van der Waals surface area contributed by atoms with Crippen molar-refractivity contribution in [2.24, 2.45) is 0 Å². The summed E-state index contributed by atoms with van der Waals surface area (Å²) in [6, 6.07) is 2.33. The van der Waals surface area contributed by atoms with Gasteiger partial charge < -0.3 is 4.90 Å². The van der Waals surface area contributed by atoms with E-state index in [0.29, 0.717) is 11.8 Å². The topological polar surface area (TPSA) is 70.6 Å². The Labute approximate surface area is 154 Å². The molecule has 0 saturated carbocycles. The normalized spacial score (nSPS) is 16.0. The number of thiazole rings is 1. The summed E-state index contributed by atoms with van der Waals surface area (Å²) in [5.74, 6) is -1.95. The van der Waals surface area contributed by atoms with Crippen molar-refractivity contribution in [3.8, 4) is 0 Å². The molecule has 0 aliphatic carbocycles. The van der Waals surface area contributed by atoms with E-state index in [0.717, 1.165) is 21.4 Å². The third-order valence-electron chi connectivity index (χ3n) is 4.10. The summed E-state index contributed by atoms with van der Waals surface area (Å²) in [6.45, 7) is 2.30. The highest BCUT2D eigenvalue weighted by Gasteiger charge is 2.32. The van der Waals surface area contributed by atoms with Gasteiger partial charge in [0.05, 0.1) is 17.1 Å². The number of rotatable bonds is 4. The minimum Gasteiger partial charge on any atom is -0.340 e. The number of sulfonamides is 1. The van der Waals surface area contributed by atoms with Gasteiger partial charge in [-0.1, -0.05) is 0 Å². The minimum absolute atomic E-state index is 0.0279. The molecule has 10 heteroatoms. The Morgan fingerprint density at radius 2 is 1.92 bits per heavy atom. The van der Waals surface area contributed by atoms with Crippen molar-refractivity contribution >= 4 is 27.3 Å². The predicted molar refractivity (Wildman–Crippen MR) is 92.3 cm³/mol. The van der Waals surface area contributed by atoms with Crippen LogP contribution in [0.1, 0.15) is 10.7 Å². The standard InChI is InChI=1S/C16H17F2N3O3S2/c1-11-19-13(10-25-11)9-16(22)20-4-6-21(7-5-20)26(23,24)15-8-12(17)2-3-14(15)18/h2-3,8,10H,4-7,9H2,1H3. The first-order chi connectivity index (χ1) is 12.3. The fourth-order valence-electron chi connectivity index (χ4n) is 2.75. The summed E-state index contributed by atoms with van der Waals surface area (Å²) in [6.07, 6.45) is 0.162. The molecule has 0 spiro atoms. The Morgan fingerprint density at radius 1 is 1.23 bits per heavy atom. The van der Waals surface area contributed by atoms with E-state index < -0.39 is 26.6 Å². The maximum absolute atomic E-state index is 13.8. The monoisotopic (exact) mass is 401 g/mol. The lowest BCUT2D eigenvalue weighted by Gasteiger charge is -2.34. The van der Waals surface area contributed by atoms with Gasteiger partial charge >= 0.3 is 0 Å². The van der Waals surface area contributed by atoms with Crippen molar-refractivity contribution in [3.05, 3.63) is 45.9 Å². The van der Waals surface area contributed by atoms with Crippen LogP contribution < -0.4 is 0 Å². The van der Waals surface area contributed by atoms with Gasteiger partial charge in [0.25, 0.3) is 0 Å². The molecule has 0 radical (unpaired) electrons. The number of halogens is 2. The molecule has 1 aromatic carbocycles. The average Bonchev–Trinajstić information content (AvgIpc) is 3.02. The summed E-state index contributed by atoms with van der Waals surface area (Å²) in [5, 5.41) is 2.70. The van der Waals surface area contributed by atoms with Gasteiger partial charge in [0.2, 0.25) is 15.9 Å². The SMILES string of the molecule is Cc1nc(CC(=O)N2CCN(S(=O)(=O)c3cc(F)ccc3F)CC2)cs1. The summed E-state index contributed by atoms with van der Waals surface area (Å²) >= 11 is 1.46. The number of carbonyl (C=O) groups excluding carboxylic acids is 1. The van der Waals surface area contributed by atoms with Crippen molar-refractivity contribution in [3.63, 3.8) is 0 Å². The second-order valence-corrected chi connectivity index (χ2v) is 8.86. The van der Waals surface area contributed by atoms with Crippen LogP contribution in [0.3, 0.4) is 0 Å². The molecule has 1 aromatic heterocycles. The van der Waals surface area contributed by atoms with Crippen LogP contribution in [0.5, 0.6) is 0 Å². The highest BCUT2D eigenvalue weighted by Crippen LogP contribution is 2.22. The molecule has 0 bridgehead atoms. The van der Waals surface area contributed by atoms with Crippen molar-refractivity contribution in [1.82, 2.24) is 14.2 Å². The summed E-state index contributed by atoms with van der Waals surface area (Å²) in [7, 11) is -4.15. The average molecular weight is 401 g/mol. The van der Waals surface area contributed by atoms with E-state index in [-0.39, 0.29) is 38.5 Å². The molecule has 6 nitrogen and oxygen atoms in total. The van der Waals surface area contributed by atoms with Gasteiger partial charge in [-0.3, -0.25) is 4.79 Å². The molecule has 140 valence electrons. The first-order valence-electron chi connectivity index (χ1n) is 7.91. The van der Waals surface area contributed by atoms with Crippen LogP contribution >= 0.6 is 11.3 Å². The summed E-state index contributed by atoms with van der Waals surface area (Å²) < 4.78 is 53.3. The number of hydrogen-bond acceptors (Lipinski definition) is 5. The van der Waals surface area contributed by atoms with Gasteiger partial charge in [-0.15, -0.1) is 11.3 Å². The number of piperazine rings is 1. The third kappa shape index (κ3) is 3.92. The van der Waals surface area contributed by atoms with Gasteiger partial charge in [-0.25, -0.2) is 22.2 Å². The zero-order valence-corrected chi connectivity index (χ0v) is 15.6. The number of amides is 1. The summed E-state index contributed by atoms with van der Waals surface area (Å²) in [4.78, 5) is 17.4. The zero-order valence-electron chi connectivity index (χ0n) is 14.0. The van der Waals surface area contributed by atoms with Crippen molar-refractivity contribution in [1.29, 1.82) is 0 Å². The Morgan fingerprint density at radius 3 is 2.54 bits per heavy atom. The lowest BCUT2D eigenvalue weighted by Crippen LogP contribution is -2.51. The van der Waals surface area contributed by atoms with E-state index in [2.05, 4.69) is 4.98 Å². The van der Waals surface area contributed by atoms with Crippen LogP contribution in [-0.4, -0.2) is 54.7 Å². The smallest absolute Gasteiger partial charge is 0.246 e. The van der Waals surface area contributed by atoms with Crippen LogP contribution in [0.25, 0.3) is 0 Å². The molecular formula is C16H17F2N3O3S2. The molecule has 1 aliphatic rings. The molecule has 0 atom stereocenters. The third-order valence-corrected chi connectivity index (χ3v) is 6.84. The molecule has 2 heterocycles. The van der Waals surface area contributed by atoms with E-state index in [1.807, 2.05) is 12.3 Å². The van der Waals surface area contributed by atoms with Gasteiger partial charge in [-0.2, -0.15) is 4.31 Å². The molecule has 1 saturated heterocycles. The van der Waals surface area contributed by atoms with Crippen LogP contribution in [0.2, 0.25) is 0 Å². The van der Waals surface area contributed by atoms with E-state index in [1.165, 1.54) is 11.3 Å². The zero-order chi connectivity index (χ0) is 18.9. The number of aryl methyl sites for hydroxylation is 1. The minimum atomic E-state index is -4.15. The lowest BCUT2D eigenvalue weighted by atomic mass is 10.2. The van der Waals surface area contributed by atoms with Crippen molar-refractivity contribution < 1.29 is 22.0 Å². The maximum Gasteiger partial charge on any atom is 0.246 e. The highest BCUT2D eigenvalue weighted by atomic mass is 32.2. The van der Waals surface area contributed by atoms with Crippen LogP contribution in [0.4, 0.5) is 8.78 Å². The van der Waals surface area contributed by atoms with Gasteiger partial charge in [0.1, 0.15) is 16.5 Å².